The predicted molar refractivity (Wildman–Crippen MR) is 81.5 cm³/mol. The number of ether oxygens (including phenoxy) is 1. The van der Waals surface area contributed by atoms with Crippen molar-refractivity contribution in [3.8, 4) is 0 Å². The van der Waals surface area contributed by atoms with E-state index in [2.05, 4.69) is 0 Å². The maximum atomic E-state index is 12.9. The average Bonchev–Trinajstić information content (AvgIpc) is 2.46. The molecular weight excluding hydrogens is 331 g/mol. The molecule has 1 aromatic rings. The van der Waals surface area contributed by atoms with E-state index in [1.54, 1.807) is 6.92 Å². The van der Waals surface area contributed by atoms with Crippen LogP contribution in [0.5, 0.6) is 0 Å². The lowest BCUT2D eigenvalue weighted by molar-refractivity contribution is -0.137. The van der Waals surface area contributed by atoms with E-state index in [-0.39, 0.29) is 17.7 Å². The molecule has 3 nitrogen and oxygen atoms in total. The van der Waals surface area contributed by atoms with Crippen LogP contribution in [0.3, 0.4) is 0 Å². The van der Waals surface area contributed by atoms with Crippen LogP contribution in [0.25, 0.3) is 5.57 Å². The first kappa shape index (κ1) is 17.6. The molecule has 2 unspecified atom stereocenters. The van der Waals surface area contributed by atoms with Crippen LogP contribution in [0.1, 0.15) is 18.1 Å². The number of carbonyl (C=O) groups is 1. The number of nitrogens with two attached hydrogens (primary N) is 1. The average molecular weight is 346 g/mol. The number of hydrogen-bond acceptors (Lipinski definition) is 2. The van der Waals surface area contributed by atoms with E-state index in [1.165, 1.54) is 30.4 Å². The van der Waals surface area contributed by atoms with E-state index >= 15 is 0 Å². The van der Waals surface area contributed by atoms with Gasteiger partial charge in [-0.15, -0.1) is 0 Å². The highest BCUT2D eigenvalue weighted by atomic mass is 35.5. The highest BCUT2D eigenvalue weighted by Gasteiger charge is 2.45. The van der Waals surface area contributed by atoms with Gasteiger partial charge in [-0.05, 0) is 24.6 Å². The Labute approximate surface area is 136 Å². The summed E-state index contributed by atoms with van der Waals surface area (Å²) >= 11 is 6.48. The third-order valence-corrected chi connectivity index (χ3v) is 4.04. The molecule has 0 saturated carbocycles. The first-order chi connectivity index (χ1) is 10.7. The van der Waals surface area contributed by atoms with Crippen molar-refractivity contribution in [3.63, 3.8) is 0 Å². The van der Waals surface area contributed by atoms with E-state index in [4.69, 9.17) is 22.1 Å². The summed E-state index contributed by atoms with van der Waals surface area (Å²) in [5, 5.41) is -1.64. The summed E-state index contributed by atoms with van der Waals surface area (Å²) in [6, 6.07) is 4.69. The summed E-state index contributed by atoms with van der Waals surface area (Å²) in [7, 11) is 0. The topological polar surface area (TPSA) is 52.3 Å². The van der Waals surface area contributed by atoms with Crippen LogP contribution in [0.2, 0.25) is 0 Å². The number of allylic oxidation sites excluding steroid dienone is 2. The van der Waals surface area contributed by atoms with Gasteiger partial charge in [0.25, 0.3) is 0 Å². The SMILES string of the molecule is CCOC1(Cl)C(c2cccc(C(F)(F)F)c2)=CC=CC1C(N)=O. The fourth-order valence-corrected chi connectivity index (χ4v) is 2.94. The maximum absolute atomic E-state index is 12.9. The summed E-state index contributed by atoms with van der Waals surface area (Å²) in [6.07, 6.45) is 0.0507. The van der Waals surface area contributed by atoms with Gasteiger partial charge < -0.3 is 10.5 Å². The largest absolute Gasteiger partial charge is 0.416 e. The Morgan fingerprint density at radius 1 is 1.43 bits per heavy atom. The van der Waals surface area contributed by atoms with Crippen molar-refractivity contribution in [2.24, 2.45) is 11.7 Å². The minimum Gasteiger partial charge on any atom is -0.369 e. The van der Waals surface area contributed by atoms with Gasteiger partial charge in [-0.3, -0.25) is 4.79 Å². The monoisotopic (exact) mass is 345 g/mol. The van der Waals surface area contributed by atoms with Crippen molar-refractivity contribution in [2.75, 3.05) is 6.61 Å². The van der Waals surface area contributed by atoms with Gasteiger partial charge in [0.15, 0.2) is 5.06 Å². The molecule has 0 aliphatic heterocycles. The molecule has 2 N–H and O–H groups in total. The predicted octanol–water partition coefficient (Wildman–Crippen LogP) is 3.73. The number of primary amides is 1. The van der Waals surface area contributed by atoms with Crippen molar-refractivity contribution >= 4 is 23.1 Å². The third kappa shape index (κ3) is 3.43. The summed E-state index contributed by atoms with van der Waals surface area (Å²) in [4.78, 5) is 11.6. The Bertz CT molecular complexity index is 670. The van der Waals surface area contributed by atoms with Gasteiger partial charge >= 0.3 is 6.18 Å². The Balaban J connectivity index is 2.54. The van der Waals surface area contributed by atoms with E-state index < -0.39 is 28.6 Å². The van der Waals surface area contributed by atoms with E-state index in [0.29, 0.717) is 0 Å². The molecule has 0 aromatic heterocycles. The lowest BCUT2D eigenvalue weighted by Gasteiger charge is -2.36. The van der Waals surface area contributed by atoms with Gasteiger partial charge in [-0.25, -0.2) is 0 Å². The summed E-state index contributed by atoms with van der Waals surface area (Å²) in [5.74, 6) is -1.71. The van der Waals surface area contributed by atoms with Gasteiger partial charge in [0, 0.05) is 12.2 Å². The Hall–Kier alpha value is -1.79. The van der Waals surface area contributed by atoms with Crippen LogP contribution in [-0.2, 0) is 15.7 Å². The molecule has 7 heteroatoms. The zero-order valence-electron chi connectivity index (χ0n) is 12.2. The second-order valence-corrected chi connectivity index (χ2v) is 5.56. The lowest BCUT2D eigenvalue weighted by Crippen LogP contribution is -2.44. The zero-order chi connectivity index (χ0) is 17.3. The molecule has 0 radical (unpaired) electrons. The quantitative estimate of drug-likeness (QED) is 0.845. The van der Waals surface area contributed by atoms with Crippen molar-refractivity contribution in [3.05, 3.63) is 53.6 Å². The maximum Gasteiger partial charge on any atom is 0.416 e. The number of halogens is 4. The second kappa shape index (κ2) is 6.37. The molecule has 1 amide bonds. The molecule has 2 atom stereocenters. The Morgan fingerprint density at radius 3 is 2.70 bits per heavy atom. The number of benzene rings is 1. The molecule has 1 aliphatic carbocycles. The van der Waals surface area contributed by atoms with E-state index in [1.807, 2.05) is 0 Å². The number of alkyl halides is 4. The zero-order valence-corrected chi connectivity index (χ0v) is 13.0. The van der Waals surface area contributed by atoms with Crippen LogP contribution < -0.4 is 5.73 Å². The van der Waals surface area contributed by atoms with Crippen molar-refractivity contribution < 1.29 is 22.7 Å². The van der Waals surface area contributed by atoms with Crippen molar-refractivity contribution in [2.45, 2.75) is 18.2 Å². The molecule has 0 spiro atoms. The van der Waals surface area contributed by atoms with Crippen LogP contribution in [0, 0.1) is 5.92 Å². The van der Waals surface area contributed by atoms with Crippen molar-refractivity contribution in [1.29, 1.82) is 0 Å². The van der Waals surface area contributed by atoms with Gasteiger partial charge in [0.1, 0.15) is 5.92 Å². The fourth-order valence-electron chi connectivity index (χ4n) is 2.48. The summed E-state index contributed by atoms with van der Waals surface area (Å²) in [6.45, 7) is 1.84. The summed E-state index contributed by atoms with van der Waals surface area (Å²) < 4.78 is 44.2. The van der Waals surface area contributed by atoms with Crippen LogP contribution >= 0.6 is 11.6 Å². The summed E-state index contributed by atoms with van der Waals surface area (Å²) in [5.41, 5.74) is 5.03. The molecule has 0 saturated heterocycles. The van der Waals surface area contributed by atoms with E-state index in [0.717, 1.165) is 12.1 Å². The Morgan fingerprint density at radius 2 is 2.13 bits per heavy atom. The molecule has 0 bridgehead atoms. The number of hydrogen-bond donors (Lipinski definition) is 1. The minimum absolute atomic E-state index is 0.164. The minimum atomic E-state index is -4.48. The van der Waals surface area contributed by atoms with Crippen LogP contribution in [0.4, 0.5) is 13.2 Å². The highest BCUT2D eigenvalue weighted by Crippen LogP contribution is 2.44. The fraction of sp³-hybridized carbons (Fsp3) is 0.312. The first-order valence-electron chi connectivity index (χ1n) is 6.89. The molecule has 1 aliphatic rings. The normalized spacial score (nSPS) is 24.4. The van der Waals surface area contributed by atoms with Crippen LogP contribution in [0.15, 0.2) is 42.5 Å². The number of rotatable bonds is 4. The lowest BCUT2D eigenvalue weighted by atomic mass is 9.85. The molecule has 0 heterocycles. The number of amides is 1. The smallest absolute Gasteiger partial charge is 0.369 e. The molecule has 124 valence electrons. The first-order valence-corrected chi connectivity index (χ1v) is 7.26. The van der Waals surface area contributed by atoms with Crippen LogP contribution in [-0.4, -0.2) is 17.6 Å². The molecular formula is C16H15ClF3NO2. The van der Waals surface area contributed by atoms with E-state index in [9.17, 15) is 18.0 Å². The second-order valence-electron chi connectivity index (χ2n) is 5.00. The third-order valence-electron chi connectivity index (χ3n) is 3.50. The van der Waals surface area contributed by atoms with Gasteiger partial charge in [-0.1, -0.05) is 42.0 Å². The van der Waals surface area contributed by atoms with Crippen molar-refractivity contribution in [1.82, 2.24) is 0 Å². The molecule has 1 aromatic carbocycles. The number of carbonyl (C=O) groups excluding carboxylic acids is 1. The Kier molecular flexibility index (Phi) is 4.87. The highest BCUT2D eigenvalue weighted by molar-refractivity contribution is 6.31. The van der Waals surface area contributed by atoms with Gasteiger partial charge in [0.2, 0.25) is 5.91 Å². The molecule has 23 heavy (non-hydrogen) atoms. The molecule has 2 rings (SSSR count). The molecule has 0 fully saturated rings. The van der Waals surface area contributed by atoms with Gasteiger partial charge in [0.05, 0.1) is 5.56 Å². The standard InChI is InChI=1S/C16H15ClF3NO2/c1-2-23-15(17)12(7-4-8-13(15)14(21)22)10-5-3-6-11(9-10)16(18,19)20/h3-9,13H,2H2,1H3,(H2,21,22). The van der Waals surface area contributed by atoms with Gasteiger partial charge in [-0.2, -0.15) is 13.2 Å².